The predicted octanol–water partition coefficient (Wildman–Crippen LogP) is 3.19. The number of methoxy groups -OCH3 is 1. The Hall–Kier alpha value is -4.05. The van der Waals surface area contributed by atoms with Crippen LogP contribution in [0.25, 0.3) is 5.69 Å². The molecule has 10 heteroatoms. The van der Waals surface area contributed by atoms with Gasteiger partial charge in [-0.25, -0.2) is 14.1 Å². The third-order valence-electron chi connectivity index (χ3n) is 6.72. The molecule has 1 aliphatic rings. The Kier molecular flexibility index (Phi) is 6.75. The first-order valence-electron chi connectivity index (χ1n) is 12.2. The smallest absolute Gasteiger partial charge is 0.271 e. The summed E-state index contributed by atoms with van der Waals surface area (Å²) in [6.45, 7) is 6.23. The molecule has 9 nitrogen and oxygen atoms in total. The summed E-state index contributed by atoms with van der Waals surface area (Å²) >= 11 is 0. The number of ether oxygens (including phenoxy) is 1. The molecule has 0 atom stereocenters. The van der Waals surface area contributed by atoms with Crippen LogP contribution in [0.4, 0.5) is 4.39 Å². The zero-order chi connectivity index (χ0) is 26.1. The molecule has 0 saturated heterocycles. The van der Waals surface area contributed by atoms with Gasteiger partial charge in [-0.15, -0.1) is 5.10 Å². The van der Waals surface area contributed by atoms with E-state index in [4.69, 9.17) is 4.74 Å². The van der Waals surface area contributed by atoms with Crippen LogP contribution in [0.5, 0.6) is 5.75 Å². The molecule has 1 aliphatic heterocycles. The van der Waals surface area contributed by atoms with Crippen molar-refractivity contribution in [3.05, 3.63) is 88.0 Å². The van der Waals surface area contributed by atoms with Crippen molar-refractivity contribution in [2.24, 2.45) is 0 Å². The number of likely N-dealkylation sites (N-methyl/N-ethyl adjacent to an activating group) is 1. The van der Waals surface area contributed by atoms with E-state index in [1.54, 1.807) is 25.4 Å². The normalized spacial score (nSPS) is 13.4. The lowest BCUT2D eigenvalue weighted by Gasteiger charge is -2.25. The molecule has 1 amide bonds. The van der Waals surface area contributed by atoms with E-state index >= 15 is 4.39 Å². The van der Waals surface area contributed by atoms with Crippen molar-refractivity contribution < 1.29 is 13.9 Å². The Labute approximate surface area is 214 Å². The highest BCUT2D eigenvalue weighted by Crippen LogP contribution is 2.26. The second-order valence-corrected chi connectivity index (χ2v) is 9.46. The summed E-state index contributed by atoms with van der Waals surface area (Å²) in [6.07, 6.45) is 4.49. The SMILES string of the molecule is COc1ccc(-n2cc(C)nn2)c(CNC(=O)c2cn(Cc3ccc4c(c3)CN(C)CC4)c(C)n2)c1F. The van der Waals surface area contributed by atoms with E-state index in [9.17, 15) is 4.79 Å². The maximum atomic E-state index is 15.2. The van der Waals surface area contributed by atoms with Crippen LogP contribution in [0.15, 0.2) is 42.7 Å². The fraction of sp³-hybridized carbons (Fsp3) is 0.333. The highest BCUT2D eigenvalue weighted by atomic mass is 19.1. The second kappa shape index (κ2) is 10.1. The van der Waals surface area contributed by atoms with Gasteiger partial charge in [0, 0.05) is 37.9 Å². The number of hydrogen-bond donors (Lipinski definition) is 1. The number of nitrogens with zero attached hydrogens (tertiary/aromatic N) is 6. The number of carbonyl (C=O) groups excluding carboxylic acids is 1. The van der Waals surface area contributed by atoms with Gasteiger partial charge in [0.2, 0.25) is 0 Å². The first-order valence-corrected chi connectivity index (χ1v) is 12.2. The summed E-state index contributed by atoms with van der Waals surface area (Å²) in [5.41, 5.74) is 5.59. The minimum Gasteiger partial charge on any atom is -0.494 e. The molecule has 192 valence electrons. The summed E-state index contributed by atoms with van der Waals surface area (Å²) in [6, 6.07) is 9.79. The van der Waals surface area contributed by atoms with Crippen LogP contribution in [-0.4, -0.2) is 56.1 Å². The highest BCUT2D eigenvalue weighted by Gasteiger charge is 2.19. The maximum absolute atomic E-state index is 15.2. The van der Waals surface area contributed by atoms with Crippen molar-refractivity contribution >= 4 is 5.91 Å². The van der Waals surface area contributed by atoms with Crippen molar-refractivity contribution in [1.82, 2.24) is 34.8 Å². The number of fused-ring (bicyclic) bond motifs is 1. The molecule has 4 aromatic rings. The molecule has 2 aromatic heterocycles. The van der Waals surface area contributed by atoms with Crippen molar-refractivity contribution in [3.63, 3.8) is 0 Å². The van der Waals surface area contributed by atoms with Crippen molar-refractivity contribution in [1.29, 1.82) is 0 Å². The predicted molar refractivity (Wildman–Crippen MR) is 136 cm³/mol. The lowest BCUT2D eigenvalue weighted by atomic mass is 9.97. The van der Waals surface area contributed by atoms with Crippen molar-refractivity contribution in [2.75, 3.05) is 20.7 Å². The van der Waals surface area contributed by atoms with Crippen molar-refractivity contribution in [3.8, 4) is 11.4 Å². The number of amides is 1. The molecule has 0 fully saturated rings. The highest BCUT2D eigenvalue weighted by molar-refractivity contribution is 5.92. The molecule has 0 aliphatic carbocycles. The molecule has 2 aromatic carbocycles. The standard InChI is InChI=1S/C27H30FN7O2/c1-17-13-35(32-31-17)24-7-8-25(37-4)26(28)22(24)12-29-27(36)23-16-34(18(2)30-23)14-19-5-6-20-9-10-33(3)15-21(20)11-19/h5-8,11,13,16H,9-10,12,14-15H2,1-4H3,(H,29,36). The molecule has 5 rings (SSSR count). The first-order chi connectivity index (χ1) is 17.8. The molecule has 0 saturated carbocycles. The Morgan fingerprint density at radius 2 is 2.00 bits per heavy atom. The molecule has 0 radical (unpaired) electrons. The number of imidazole rings is 1. The minimum absolute atomic E-state index is 0.0691. The number of aryl methyl sites for hydroxylation is 2. The van der Waals surface area contributed by atoms with Gasteiger partial charge in [-0.05, 0) is 56.1 Å². The van der Waals surface area contributed by atoms with Crippen LogP contribution in [0.2, 0.25) is 0 Å². The molecular formula is C27H30FN7O2. The van der Waals surface area contributed by atoms with Crippen LogP contribution in [-0.2, 0) is 26.1 Å². The van der Waals surface area contributed by atoms with Gasteiger partial charge in [-0.3, -0.25) is 4.79 Å². The monoisotopic (exact) mass is 503 g/mol. The van der Waals surface area contributed by atoms with Gasteiger partial charge in [-0.2, -0.15) is 0 Å². The van der Waals surface area contributed by atoms with E-state index < -0.39 is 11.7 Å². The van der Waals surface area contributed by atoms with E-state index in [0.29, 0.717) is 17.9 Å². The molecular weight excluding hydrogens is 473 g/mol. The molecule has 1 N–H and O–H groups in total. The van der Waals surface area contributed by atoms with Crippen LogP contribution in [0.3, 0.4) is 0 Å². The average molecular weight is 504 g/mol. The third-order valence-corrected chi connectivity index (χ3v) is 6.72. The molecule has 0 spiro atoms. The van der Waals surface area contributed by atoms with Gasteiger partial charge < -0.3 is 19.5 Å². The topological polar surface area (TPSA) is 90.1 Å². The van der Waals surface area contributed by atoms with E-state index in [1.165, 1.54) is 29.0 Å². The fourth-order valence-electron chi connectivity index (χ4n) is 4.68. The van der Waals surface area contributed by atoms with Crippen LogP contribution in [0, 0.1) is 19.7 Å². The summed E-state index contributed by atoms with van der Waals surface area (Å²) in [7, 11) is 3.53. The Balaban J connectivity index is 1.33. The Morgan fingerprint density at radius 1 is 1.16 bits per heavy atom. The summed E-state index contributed by atoms with van der Waals surface area (Å²) < 4.78 is 23.7. The van der Waals surface area contributed by atoms with Gasteiger partial charge in [0.1, 0.15) is 11.5 Å². The average Bonchev–Trinajstić information content (AvgIpc) is 3.48. The summed E-state index contributed by atoms with van der Waals surface area (Å²) in [5.74, 6) is -0.141. The number of hydrogen-bond acceptors (Lipinski definition) is 6. The molecule has 0 unspecified atom stereocenters. The number of carbonyl (C=O) groups is 1. The van der Waals surface area contributed by atoms with E-state index in [2.05, 4.69) is 50.8 Å². The summed E-state index contributed by atoms with van der Waals surface area (Å²) in [5, 5.41) is 10.8. The van der Waals surface area contributed by atoms with E-state index in [0.717, 1.165) is 30.9 Å². The number of nitrogens with one attached hydrogen (secondary N) is 1. The number of benzene rings is 2. The zero-order valence-corrected chi connectivity index (χ0v) is 21.5. The van der Waals surface area contributed by atoms with Gasteiger partial charge in [0.25, 0.3) is 5.91 Å². The number of halogens is 1. The second-order valence-electron chi connectivity index (χ2n) is 9.46. The zero-order valence-electron chi connectivity index (χ0n) is 21.5. The fourth-order valence-corrected chi connectivity index (χ4v) is 4.68. The largest absolute Gasteiger partial charge is 0.494 e. The third kappa shape index (κ3) is 5.10. The van der Waals surface area contributed by atoms with Crippen LogP contribution in [0.1, 0.15) is 44.3 Å². The lowest BCUT2D eigenvalue weighted by molar-refractivity contribution is 0.0945. The molecule has 0 bridgehead atoms. The molecule has 37 heavy (non-hydrogen) atoms. The van der Waals surface area contributed by atoms with Gasteiger partial charge in [-0.1, -0.05) is 23.4 Å². The van der Waals surface area contributed by atoms with Gasteiger partial charge in [0.15, 0.2) is 11.6 Å². The van der Waals surface area contributed by atoms with Gasteiger partial charge >= 0.3 is 0 Å². The van der Waals surface area contributed by atoms with E-state index in [1.807, 2.05) is 11.5 Å². The Bertz CT molecular complexity index is 1460. The van der Waals surface area contributed by atoms with E-state index in [-0.39, 0.29) is 23.6 Å². The number of rotatable bonds is 7. The van der Waals surface area contributed by atoms with Crippen LogP contribution >= 0.6 is 0 Å². The lowest BCUT2D eigenvalue weighted by Crippen LogP contribution is -2.26. The van der Waals surface area contributed by atoms with Crippen LogP contribution < -0.4 is 10.1 Å². The van der Waals surface area contributed by atoms with Gasteiger partial charge in [0.05, 0.1) is 24.7 Å². The summed E-state index contributed by atoms with van der Waals surface area (Å²) in [4.78, 5) is 19.8. The maximum Gasteiger partial charge on any atom is 0.271 e. The Morgan fingerprint density at radius 3 is 2.76 bits per heavy atom. The number of aromatic nitrogens is 5. The quantitative estimate of drug-likeness (QED) is 0.417. The van der Waals surface area contributed by atoms with Crippen molar-refractivity contribution in [2.45, 2.75) is 39.9 Å². The first kappa shape index (κ1) is 24.6. The minimum atomic E-state index is -0.562. The molecule has 3 heterocycles.